The van der Waals surface area contributed by atoms with E-state index in [-0.39, 0.29) is 11.9 Å². The fraction of sp³-hybridized carbons (Fsp3) is 0.100. The van der Waals surface area contributed by atoms with Crippen molar-refractivity contribution in [2.75, 3.05) is 11.2 Å². The second-order valence-corrected chi connectivity index (χ2v) is 3.75. The molecule has 0 saturated carbocycles. The minimum Gasteiger partial charge on any atom is -0.463 e. The summed E-state index contributed by atoms with van der Waals surface area (Å²) in [7, 11) is 0. The van der Waals surface area contributed by atoms with Crippen molar-refractivity contribution in [3.05, 3.63) is 18.4 Å². The first-order valence-corrected chi connectivity index (χ1v) is 5.35. The fourth-order valence-electron chi connectivity index (χ4n) is 1.64. The van der Waals surface area contributed by atoms with E-state index in [0.717, 1.165) is 4.79 Å². The molecular weight excluding hydrogens is 250 g/mol. The number of rotatable bonds is 2. The van der Waals surface area contributed by atoms with Crippen molar-refractivity contribution in [1.82, 2.24) is 25.1 Å². The maximum atomic E-state index is 11.1. The molecule has 0 bridgehead atoms. The molecule has 0 saturated heterocycles. The van der Waals surface area contributed by atoms with Gasteiger partial charge in [0.2, 0.25) is 17.5 Å². The average Bonchev–Trinajstić information content (AvgIpc) is 2.98. The van der Waals surface area contributed by atoms with E-state index in [0.29, 0.717) is 22.6 Å². The predicted octanol–water partition coefficient (Wildman–Crippen LogP) is 0.153. The summed E-state index contributed by atoms with van der Waals surface area (Å²) < 4.78 is 5.26. The molecule has 9 heteroatoms. The largest absolute Gasteiger partial charge is 0.463 e. The van der Waals surface area contributed by atoms with E-state index in [2.05, 4.69) is 25.7 Å². The molecular formula is C10H9N7O2. The summed E-state index contributed by atoms with van der Waals surface area (Å²) in [6.07, 6.45) is 1.51. The summed E-state index contributed by atoms with van der Waals surface area (Å²) in [5.74, 6) is 0.227. The summed E-state index contributed by atoms with van der Waals surface area (Å²) in [6, 6.07) is 3.44. The van der Waals surface area contributed by atoms with Gasteiger partial charge in [-0.25, -0.2) is 10.4 Å². The third-order valence-corrected chi connectivity index (χ3v) is 2.34. The smallest absolute Gasteiger partial charge is 0.237 e. The molecule has 0 aliphatic heterocycles. The van der Waals surface area contributed by atoms with Crippen LogP contribution >= 0.6 is 0 Å². The molecule has 9 nitrogen and oxygen atoms in total. The van der Waals surface area contributed by atoms with Crippen LogP contribution in [0, 0.1) is 0 Å². The van der Waals surface area contributed by atoms with Crippen LogP contribution in [0.1, 0.15) is 6.92 Å². The standard InChI is InChI=1S/C10H9N7O2/c1-5(18)15-17-9-8(14-16-17)7(12-10(11)13-9)6-3-2-4-19-6/h2-4H,1H3,(H,15,18)(H2,11,12,13). The zero-order valence-electron chi connectivity index (χ0n) is 9.86. The highest BCUT2D eigenvalue weighted by Crippen LogP contribution is 2.24. The zero-order valence-corrected chi connectivity index (χ0v) is 9.86. The molecule has 1 amide bonds. The quantitative estimate of drug-likeness (QED) is 0.671. The number of amides is 1. The topological polar surface area (TPSA) is 125 Å². The van der Waals surface area contributed by atoms with E-state index in [9.17, 15) is 4.79 Å². The number of hydrogen-bond donors (Lipinski definition) is 2. The Morgan fingerprint density at radius 1 is 1.47 bits per heavy atom. The number of carbonyl (C=O) groups is 1. The first-order valence-electron chi connectivity index (χ1n) is 5.35. The molecule has 3 N–H and O–H groups in total. The maximum absolute atomic E-state index is 11.1. The molecule has 3 aromatic rings. The van der Waals surface area contributed by atoms with Crippen molar-refractivity contribution in [3.63, 3.8) is 0 Å². The van der Waals surface area contributed by atoms with Gasteiger partial charge < -0.3 is 10.2 Å². The lowest BCUT2D eigenvalue weighted by Gasteiger charge is -2.02. The van der Waals surface area contributed by atoms with Crippen molar-refractivity contribution < 1.29 is 9.21 Å². The lowest BCUT2D eigenvalue weighted by atomic mass is 10.3. The van der Waals surface area contributed by atoms with Crippen LogP contribution in [-0.4, -0.2) is 31.0 Å². The molecule has 0 aliphatic rings. The highest BCUT2D eigenvalue weighted by atomic mass is 16.3. The van der Waals surface area contributed by atoms with Gasteiger partial charge in [0.15, 0.2) is 11.3 Å². The Hall–Kier alpha value is -2.97. The first-order chi connectivity index (χ1) is 9.15. The van der Waals surface area contributed by atoms with E-state index in [1.54, 1.807) is 12.1 Å². The van der Waals surface area contributed by atoms with E-state index in [1.165, 1.54) is 13.2 Å². The predicted molar refractivity (Wildman–Crippen MR) is 65.3 cm³/mol. The Labute approximate surface area is 106 Å². The molecule has 3 rings (SSSR count). The molecule has 0 aromatic carbocycles. The SMILES string of the molecule is CC(=O)Nn1nnc2c(-c3ccco3)nc(N)nc21. The van der Waals surface area contributed by atoms with E-state index in [1.807, 2.05) is 0 Å². The third-order valence-electron chi connectivity index (χ3n) is 2.34. The summed E-state index contributed by atoms with van der Waals surface area (Å²) in [4.78, 5) is 20.3. The van der Waals surface area contributed by atoms with Crippen LogP contribution in [0.3, 0.4) is 0 Å². The Morgan fingerprint density at radius 3 is 3.00 bits per heavy atom. The molecule has 0 spiro atoms. The highest BCUT2D eigenvalue weighted by molar-refractivity contribution is 5.88. The molecule has 19 heavy (non-hydrogen) atoms. The number of nitrogens with zero attached hydrogens (tertiary/aromatic N) is 5. The van der Waals surface area contributed by atoms with Gasteiger partial charge in [-0.2, -0.15) is 4.98 Å². The van der Waals surface area contributed by atoms with Crippen molar-refractivity contribution in [2.24, 2.45) is 0 Å². The van der Waals surface area contributed by atoms with E-state index < -0.39 is 0 Å². The fourth-order valence-corrected chi connectivity index (χ4v) is 1.64. The van der Waals surface area contributed by atoms with Gasteiger partial charge in [0, 0.05) is 6.92 Å². The average molecular weight is 259 g/mol. The lowest BCUT2D eigenvalue weighted by Crippen LogP contribution is -2.21. The van der Waals surface area contributed by atoms with E-state index in [4.69, 9.17) is 10.2 Å². The summed E-state index contributed by atoms with van der Waals surface area (Å²) in [5.41, 5.74) is 9.21. The number of aromatic nitrogens is 5. The monoisotopic (exact) mass is 259 g/mol. The molecule has 3 heterocycles. The number of nitrogen functional groups attached to an aromatic ring is 1. The summed E-state index contributed by atoms with van der Waals surface area (Å²) in [5, 5.41) is 7.71. The minimum atomic E-state index is -0.302. The number of anilines is 1. The van der Waals surface area contributed by atoms with Crippen molar-refractivity contribution in [1.29, 1.82) is 0 Å². The van der Waals surface area contributed by atoms with Gasteiger partial charge in [-0.3, -0.25) is 4.79 Å². The summed E-state index contributed by atoms with van der Waals surface area (Å²) >= 11 is 0. The van der Waals surface area contributed by atoms with Gasteiger partial charge in [0.25, 0.3) is 0 Å². The van der Waals surface area contributed by atoms with Crippen molar-refractivity contribution in [2.45, 2.75) is 6.92 Å². The maximum Gasteiger partial charge on any atom is 0.237 e. The number of hydrogen-bond acceptors (Lipinski definition) is 7. The molecule has 0 radical (unpaired) electrons. The van der Waals surface area contributed by atoms with Crippen LogP contribution in [0.4, 0.5) is 5.95 Å². The number of nitrogens with two attached hydrogens (primary N) is 1. The Kier molecular flexibility index (Phi) is 2.37. The second kappa shape index (κ2) is 4.05. The first kappa shape index (κ1) is 11.1. The van der Waals surface area contributed by atoms with Gasteiger partial charge in [0.05, 0.1) is 6.26 Å². The van der Waals surface area contributed by atoms with Gasteiger partial charge in [-0.05, 0) is 17.3 Å². The second-order valence-electron chi connectivity index (χ2n) is 3.75. The van der Waals surface area contributed by atoms with Crippen LogP contribution in [0.5, 0.6) is 0 Å². The van der Waals surface area contributed by atoms with Gasteiger partial charge >= 0.3 is 0 Å². The normalized spacial score (nSPS) is 10.8. The van der Waals surface area contributed by atoms with Gasteiger partial charge in [-0.15, -0.1) is 9.89 Å². The zero-order chi connectivity index (χ0) is 13.4. The molecule has 0 atom stereocenters. The van der Waals surface area contributed by atoms with Crippen LogP contribution < -0.4 is 11.2 Å². The van der Waals surface area contributed by atoms with Crippen molar-refractivity contribution in [3.8, 4) is 11.5 Å². The molecule has 0 unspecified atom stereocenters. The van der Waals surface area contributed by atoms with Crippen molar-refractivity contribution >= 4 is 23.0 Å². The van der Waals surface area contributed by atoms with Gasteiger partial charge in [-0.1, -0.05) is 0 Å². The number of nitrogens with one attached hydrogen (secondary N) is 1. The highest BCUT2D eigenvalue weighted by Gasteiger charge is 2.17. The molecule has 0 fully saturated rings. The minimum absolute atomic E-state index is 0.0350. The Morgan fingerprint density at radius 2 is 2.32 bits per heavy atom. The molecule has 96 valence electrons. The lowest BCUT2D eigenvalue weighted by molar-refractivity contribution is -0.115. The third kappa shape index (κ3) is 1.86. The van der Waals surface area contributed by atoms with Crippen LogP contribution in [-0.2, 0) is 4.79 Å². The van der Waals surface area contributed by atoms with Crippen LogP contribution in [0.15, 0.2) is 22.8 Å². The number of fused-ring (bicyclic) bond motifs is 1. The Bertz CT molecular complexity index is 747. The number of carbonyl (C=O) groups excluding carboxylic acids is 1. The Balaban J connectivity index is 2.24. The summed E-state index contributed by atoms with van der Waals surface area (Å²) in [6.45, 7) is 1.35. The van der Waals surface area contributed by atoms with Gasteiger partial charge in [0.1, 0.15) is 5.69 Å². The van der Waals surface area contributed by atoms with Crippen LogP contribution in [0.2, 0.25) is 0 Å². The van der Waals surface area contributed by atoms with Crippen LogP contribution in [0.25, 0.3) is 22.6 Å². The van der Waals surface area contributed by atoms with E-state index >= 15 is 0 Å². The molecule has 0 aliphatic carbocycles. The number of furan rings is 1. The molecule has 3 aromatic heterocycles.